The topological polar surface area (TPSA) is 43.4 Å². The van der Waals surface area contributed by atoms with Crippen molar-refractivity contribution in [2.45, 2.75) is 38.1 Å². The van der Waals surface area contributed by atoms with Gasteiger partial charge in [0.15, 0.2) is 11.6 Å². The average Bonchev–Trinajstić information content (AvgIpc) is 2.68. The molecule has 0 bridgehead atoms. The first kappa shape index (κ1) is 22.1. The van der Waals surface area contributed by atoms with Crippen LogP contribution in [-0.4, -0.2) is 23.7 Å². The van der Waals surface area contributed by atoms with Crippen LogP contribution in [0.15, 0.2) is 48.8 Å². The Morgan fingerprint density at radius 3 is 2.60 bits per heavy atom. The highest BCUT2D eigenvalue weighted by Crippen LogP contribution is 2.30. The van der Waals surface area contributed by atoms with Crippen molar-refractivity contribution >= 4 is 23.2 Å². The van der Waals surface area contributed by atoms with Crippen LogP contribution >= 0.6 is 12.4 Å². The number of rotatable bonds is 7. The van der Waals surface area contributed by atoms with Gasteiger partial charge in [-0.25, -0.2) is 8.78 Å². The molecule has 1 aliphatic carbocycles. The summed E-state index contributed by atoms with van der Waals surface area (Å²) in [5.41, 5.74) is 0.551. The number of fused-ring (bicyclic) bond motifs is 1. The molecule has 3 aromatic rings. The van der Waals surface area contributed by atoms with Crippen molar-refractivity contribution in [2.24, 2.45) is 0 Å². The minimum absolute atomic E-state index is 0. The summed E-state index contributed by atoms with van der Waals surface area (Å²) in [6.07, 6.45) is 4.65. The summed E-state index contributed by atoms with van der Waals surface area (Å²) in [6, 6.07) is 8.35. The molecule has 2 atom stereocenters. The summed E-state index contributed by atoms with van der Waals surface area (Å²) in [4.78, 5) is 4.05. The lowest BCUT2D eigenvalue weighted by atomic mass is 9.88. The van der Waals surface area contributed by atoms with E-state index in [9.17, 15) is 17.6 Å². The molecule has 4 nitrogen and oxygen atoms in total. The molecule has 9 heteroatoms. The van der Waals surface area contributed by atoms with Gasteiger partial charge in [0.1, 0.15) is 17.7 Å². The smallest absolute Gasteiger partial charge is 0.387 e. The number of aromatic nitrogens is 1. The molecule has 0 saturated heterocycles. The van der Waals surface area contributed by atoms with E-state index in [4.69, 9.17) is 4.74 Å². The normalized spacial score (nSPS) is 18.0. The van der Waals surface area contributed by atoms with Gasteiger partial charge >= 0.3 is 6.61 Å². The summed E-state index contributed by atoms with van der Waals surface area (Å²) in [7, 11) is 0. The molecule has 0 unspecified atom stereocenters. The summed E-state index contributed by atoms with van der Waals surface area (Å²) >= 11 is 0. The number of hydrogen-bond donors (Lipinski definition) is 1. The molecule has 30 heavy (non-hydrogen) atoms. The van der Waals surface area contributed by atoms with Gasteiger partial charge in [-0.2, -0.15) is 8.78 Å². The third kappa shape index (κ3) is 4.76. The highest BCUT2D eigenvalue weighted by atomic mass is 35.5. The Morgan fingerprint density at radius 2 is 1.90 bits per heavy atom. The van der Waals surface area contributed by atoms with E-state index in [-0.39, 0.29) is 36.1 Å². The molecular weight excluding hydrogens is 424 g/mol. The minimum atomic E-state index is -3.10. The fraction of sp³-hybridized carbons (Fsp3) is 0.286. The SMILES string of the molecule is Cl.Fc1cc(O[C@@H]2CC[C@H]2NCc2c(F)ccc3cnccc23)ccc1OC(F)F. The molecule has 1 saturated carbocycles. The fourth-order valence-corrected chi connectivity index (χ4v) is 3.38. The van der Waals surface area contributed by atoms with E-state index in [1.807, 2.05) is 0 Å². The van der Waals surface area contributed by atoms with Crippen LogP contribution in [0.25, 0.3) is 10.8 Å². The van der Waals surface area contributed by atoms with Crippen LogP contribution in [0.3, 0.4) is 0 Å². The van der Waals surface area contributed by atoms with Gasteiger partial charge in [0.05, 0.1) is 0 Å². The van der Waals surface area contributed by atoms with Crippen molar-refractivity contribution in [1.82, 2.24) is 10.3 Å². The fourth-order valence-electron chi connectivity index (χ4n) is 3.38. The van der Waals surface area contributed by atoms with Crippen LogP contribution in [0.5, 0.6) is 11.5 Å². The third-order valence-electron chi connectivity index (χ3n) is 5.03. The van der Waals surface area contributed by atoms with Crippen LogP contribution in [-0.2, 0) is 6.54 Å². The number of alkyl halides is 2. The largest absolute Gasteiger partial charge is 0.489 e. The van der Waals surface area contributed by atoms with E-state index in [1.165, 1.54) is 12.1 Å². The van der Waals surface area contributed by atoms with Crippen molar-refractivity contribution in [3.05, 3.63) is 66.0 Å². The standard InChI is InChI=1S/C21H18F4N2O2.ClH/c22-16-3-1-12-10-26-8-7-14(12)15(16)11-27-18-4-6-20(18)28-13-2-5-19(17(23)9-13)29-21(24)25;/h1-3,5,7-10,18,20-21,27H,4,6,11H2;1H/t18-,20-;/m1./s1. The Hall–Kier alpha value is -2.58. The van der Waals surface area contributed by atoms with Gasteiger partial charge in [-0.3, -0.25) is 4.98 Å². The van der Waals surface area contributed by atoms with E-state index < -0.39 is 18.2 Å². The van der Waals surface area contributed by atoms with Crippen LogP contribution in [0.2, 0.25) is 0 Å². The van der Waals surface area contributed by atoms with Gasteiger partial charge < -0.3 is 14.8 Å². The van der Waals surface area contributed by atoms with Crippen LogP contribution < -0.4 is 14.8 Å². The van der Waals surface area contributed by atoms with Crippen LogP contribution in [0.4, 0.5) is 17.6 Å². The van der Waals surface area contributed by atoms with Crippen molar-refractivity contribution in [3.63, 3.8) is 0 Å². The molecule has 1 aliphatic rings. The molecule has 1 N–H and O–H groups in total. The van der Waals surface area contributed by atoms with Crippen molar-refractivity contribution in [2.75, 3.05) is 0 Å². The highest BCUT2D eigenvalue weighted by molar-refractivity contribution is 5.85. The first-order chi connectivity index (χ1) is 14.0. The van der Waals surface area contributed by atoms with Gasteiger partial charge in [-0.1, -0.05) is 0 Å². The van der Waals surface area contributed by atoms with Gasteiger partial charge in [0.2, 0.25) is 0 Å². The number of hydrogen-bond acceptors (Lipinski definition) is 4. The Bertz CT molecular complexity index is 1020. The molecule has 160 valence electrons. The zero-order chi connectivity index (χ0) is 20.4. The molecule has 0 radical (unpaired) electrons. The summed E-state index contributed by atoms with van der Waals surface area (Å²) < 4.78 is 62.4. The Labute approximate surface area is 176 Å². The van der Waals surface area contributed by atoms with Crippen molar-refractivity contribution in [3.8, 4) is 11.5 Å². The van der Waals surface area contributed by atoms with Crippen LogP contribution in [0.1, 0.15) is 18.4 Å². The van der Waals surface area contributed by atoms with E-state index in [2.05, 4.69) is 15.0 Å². The van der Waals surface area contributed by atoms with Gasteiger partial charge in [0.25, 0.3) is 0 Å². The lowest BCUT2D eigenvalue weighted by molar-refractivity contribution is -0.0522. The maximum Gasteiger partial charge on any atom is 0.387 e. The number of pyridine rings is 1. The predicted octanol–water partition coefficient (Wildman–Crippen LogP) is 5.24. The molecule has 0 amide bonds. The molecule has 1 aromatic heterocycles. The predicted molar refractivity (Wildman–Crippen MR) is 106 cm³/mol. The molecule has 1 fully saturated rings. The quantitative estimate of drug-likeness (QED) is 0.508. The van der Waals surface area contributed by atoms with Crippen LogP contribution in [0, 0.1) is 11.6 Å². The first-order valence-corrected chi connectivity index (χ1v) is 9.17. The Kier molecular flexibility index (Phi) is 6.99. The molecule has 4 rings (SSSR count). The first-order valence-electron chi connectivity index (χ1n) is 9.17. The molecule has 1 heterocycles. The van der Waals surface area contributed by atoms with Gasteiger partial charge in [0, 0.05) is 42.0 Å². The van der Waals surface area contributed by atoms with E-state index in [0.29, 0.717) is 12.1 Å². The van der Waals surface area contributed by atoms with E-state index in [1.54, 1.807) is 24.5 Å². The summed E-state index contributed by atoms with van der Waals surface area (Å²) in [6.45, 7) is -2.78. The van der Waals surface area contributed by atoms with E-state index in [0.717, 1.165) is 35.7 Å². The molecule has 0 aliphatic heterocycles. The highest BCUT2D eigenvalue weighted by Gasteiger charge is 2.33. The number of nitrogens with one attached hydrogen (secondary N) is 1. The number of nitrogens with zero attached hydrogens (tertiary/aromatic N) is 1. The zero-order valence-electron chi connectivity index (χ0n) is 15.7. The number of benzene rings is 2. The summed E-state index contributed by atoms with van der Waals surface area (Å²) in [5.74, 6) is -1.53. The van der Waals surface area contributed by atoms with Crippen molar-refractivity contribution < 1.29 is 27.0 Å². The van der Waals surface area contributed by atoms with E-state index >= 15 is 0 Å². The monoisotopic (exact) mass is 442 g/mol. The zero-order valence-corrected chi connectivity index (χ0v) is 16.5. The molecular formula is C21H19ClF4N2O2. The minimum Gasteiger partial charge on any atom is -0.489 e. The van der Waals surface area contributed by atoms with Gasteiger partial charge in [-0.05, 0) is 48.6 Å². The second-order valence-electron chi connectivity index (χ2n) is 6.81. The lowest BCUT2D eigenvalue weighted by Crippen LogP contribution is -2.50. The summed E-state index contributed by atoms with van der Waals surface area (Å²) in [5, 5.41) is 4.94. The second-order valence-corrected chi connectivity index (χ2v) is 6.81. The maximum atomic E-state index is 14.3. The maximum absolute atomic E-state index is 14.3. The third-order valence-corrected chi connectivity index (χ3v) is 5.03. The van der Waals surface area contributed by atoms with Gasteiger partial charge in [-0.15, -0.1) is 12.4 Å². The Balaban J connectivity index is 0.00000256. The molecule has 0 spiro atoms. The average molecular weight is 443 g/mol. The second kappa shape index (κ2) is 9.49. The lowest BCUT2D eigenvalue weighted by Gasteiger charge is -2.37. The number of ether oxygens (including phenoxy) is 2. The number of halogens is 5. The Morgan fingerprint density at radius 1 is 1.07 bits per heavy atom. The molecule has 2 aromatic carbocycles. The van der Waals surface area contributed by atoms with Crippen molar-refractivity contribution in [1.29, 1.82) is 0 Å².